The smallest absolute Gasteiger partial charge is 0.225 e. The fraction of sp³-hybridized carbons (Fsp3) is 0.750. The predicted octanol–water partition coefficient (Wildman–Crippen LogP) is 2.60. The van der Waals surface area contributed by atoms with Crippen molar-refractivity contribution in [2.45, 2.75) is 63.5 Å². The summed E-state index contributed by atoms with van der Waals surface area (Å²) in [6.07, 6.45) is 12.5. The Morgan fingerprint density at radius 3 is 2.41 bits per heavy atom. The lowest BCUT2D eigenvalue weighted by atomic mass is 9.85. The molecule has 0 spiro atoms. The van der Waals surface area contributed by atoms with Crippen molar-refractivity contribution in [1.82, 2.24) is 25.3 Å². The van der Waals surface area contributed by atoms with E-state index in [1.807, 2.05) is 13.2 Å². The van der Waals surface area contributed by atoms with Crippen LogP contribution in [-0.2, 0) is 16.6 Å². The molecule has 1 saturated heterocycles. The number of piperidine rings is 1. The third kappa shape index (κ3) is 6.86. The van der Waals surface area contributed by atoms with Crippen LogP contribution in [0.25, 0.3) is 0 Å². The maximum atomic E-state index is 12.8. The summed E-state index contributed by atoms with van der Waals surface area (Å²) in [5.41, 5.74) is 0.921. The van der Waals surface area contributed by atoms with Gasteiger partial charge in [0.15, 0.2) is 0 Å². The summed E-state index contributed by atoms with van der Waals surface area (Å²) in [5, 5.41) is 10.9. The first kappa shape index (κ1) is 25.7. The number of carbonyl (C=O) groups is 2. The molecule has 2 aliphatic rings. The van der Waals surface area contributed by atoms with Gasteiger partial charge in [0.2, 0.25) is 11.8 Å². The average Bonchev–Trinajstić information content (AvgIpc) is 2.91. The van der Waals surface area contributed by atoms with Crippen molar-refractivity contribution in [1.29, 1.82) is 0 Å². The van der Waals surface area contributed by atoms with Crippen LogP contribution in [0.4, 0.5) is 0 Å². The van der Waals surface area contributed by atoms with Gasteiger partial charge in [0.25, 0.3) is 0 Å². The van der Waals surface area contributed by atoms with E-state index in [4.69, 9.17) is 0 Å². The molecule has 7 nitrogen and oxygen atoms in total. The molecule has 2 fully saturated rings. The van der Waals surface area contributed by atoms with Crippen LogP contribution in [0.2, 0.25) is 0 Å². The van der Waals surface area contributed by atoms with E-state index >= 15 is 0 Å². The van der Waals surface area contributed by atoms with Crippen LogP contribution in [0.15, 0.2) is 12.4 Å². The lowest BCUT2D eigenvalue weighted by molar-refractivity contribution is -0.141. The number of likely N-dealkylation sites (tertiary alicyclic amines) is 1. The Balaban J connectivity index is 0.00000210. The zero-order valence-electron chi connectivity index (χ0n) is 17.4. The monoisotopic (exact) mass is 447 g/mol. The van der Waals surface area contributed by atoms with Crippen LogP contribution in [0, 0.1) is 5.92 Å². The number of rotatable bonds is 6. The molecule has 0 bridgehead atoms. The van der Waals surface area contributed by atoms with Gasteiger partial charge in [-0.2, -0.15) is 5.10 Å². The molecular weight excluding hydrogens is 413 g/mol. The zero-order valence-corrected chi connectivity index (χ0v) is 19.1. The van der Waals surface area contributed by atoms with Crippen molar-refractivity contribution in [3.63, 3.8) is 0 Å². The van der Waals surface area contributed by atoms with Crippen molar-refractivity contribution < 1.29 is 9.59 Å². The van der Waals surface area contributed by atoms with Gasteiger partial charge in [-0.05, 0) is 19.3 Å². The summed E-state index contributed by atoms with van der Waals surface area (Å²) in [6.45, 7) is 1.43. The Hall–Kier alpha value is -1.31. The minimum absolute atomic E-state index is 0. The van der Waals surface area contributed by atoms with Crippen molar-refractivity contribution >= 4 is 36.6 Å². The molecule has 2 N–H and O–H groups in total. The number of nitrogens with zero attached hydrogens (tertiary/aromatic N) is 3. The Labute approximate surface area is 186 Å². The van der Waals surface area contributed by atoms with Crippen molar-refractivity contribution in [2.24, 2.45) is 13.0 Å². The standard InChI is InChI=1S/C20H33N5O2.2ClH/c1-24-14-15(13-23-24)19-17(9-10-18(26)25(19)2)20(27)22-12-11-21-16-7-5-3-4-6-8-16;;/h13-14,16-17,19,21H,3-12H2,1-2H3,(H,22,27);2*1H. The average molecular weight is 448 g/mol. The molecular formula is C20H35Cl2N5O2. The van der Waals surface area contributed by atoms with Gasteiger partial charge in [-0.1, -0.05) is 25.7 Å². The number of hydrogen-bond acceptors (Lipinski definition) is 4. The highest BCUT2D eigenvalue weighted by Gasteiger charge is 2.39. The minimum atomic E-state index is -0.241. The number of nitrogens with one attached hydrogen (secondary N) is 2. The predicted molar refractivity (Wildman–Crippen MR) is 118 cm³/mol. The van der Waals surface area contributed by atoms with E-state index in [0.717, 1.165) is 12.1 Å². The van der Waals surface area contributed by atoms with Gasteiger partial charge < -0.3 is 15.5 Å². The zero-order chi connectivity index (χ0) is 19.2. The summed E-state index contributed by atoms with van der Waals surface area (Å²) < 4.78 is 1.72. The minimum Gasteiger partial charge on any atom is -0.355 e. The normalized spacial score (nSPS) is 23.0. The molecule has 1 aliphatic heterocycles. The Bertz CT molecular complexity index is 647. The molecule has 2 atom stereocenters. The van der Waals surface area contributed by atoms with E-state index in [9.17, 15) is 9.59 Å². The molecule has 2 amide bonds. The lowest BCUT2D eigenvalue weighted by Gasteiger charge is -2.37. The first-order valence-corrected chi connectivity index (χ1v) is 10.3. The number of hydrogen-bond donors (Lipinski definition) is 2. The highest BCUT2D eigenvalue weighted by atomic mass is 35.5. The van der Waals surface area contributed by atoms with E-state index in [2.05, 4.69) is 15.7 Å². The summed E-state index contributed by atoms with van der Waals surface area (Å²) in [5.74, 6) is -0.108. The molecule has 166 valence electrons. The quantitative estimate of drug-likeness (QED) is 0.518. The lowest BCUT2D eigenvalue weighted by Crippen LogP contribution is -2.47. The topological polar surface area (TPSA) is 79.3 Å². The van der Waals surface area contributed by atoms with E-state index in [-0.39, 0.29) is 48.6 Å². The number of aromatic nitrogens is 2. The fourth-order valence-electron chi connectivity index (χ4n) is 4.44. The van der Waals surface area contributed by atoms with Crippen LogP contribution >= 0.6 is 24.8 Å². The van der Waals surface area contributed by atoms with Crippen LogP contribution in [0.5, 0.6) is 0 Å². The van der Waals surface area contributed by atoms with Crippen LogP contribution < -0.4 is 10.6 Å². The van der Waals surface area contributed by atoms with Crippen LogP contribution in [0.3, 0.4) is 0 Å². The van der Waals surface area contributed by atoms with Gasteiger partial charge in [0.05, 0.1) is 18.2 Å². The number of aryl methyl sites for hydroxylation is 1. The maximum absolute atomic E-state index is 12.8. The van der Waals surface area contributed by atoms with E-state index < -0.39 is 0 Å². The summed E-state index contributed by atoms with van der Waals surface area (Å²) in [6, 6.07) is 0.348. The van der Waals surface area contributed by atoms with Crippen molar-refractivity contribution in [3.05, 3.63) is 18.0 Å². The fourth-order valence-corrected chi connectivity index (χ4v) is 4.44. The molecule has 0 aromatic carbocycles. The molecule has 1 saturated carbocycles. The van der Waals surface area contributed by atoms with Gasteiger partial charge in [-0.3, -0.25) is 14.3 Å². The molecule has 1 aromatic heterocycles. The van der Waals surface area contributed by atoms with Crippen LogP contribution in [-0.4, -0.2) is 52.7 Å². The summed E-state index contributed by atoms with van der Waals surface area (Å²) in [7, 11) is 3.63. The van der Waals surface area contributed by atoms with E-state index in [0.29, 0.717) is 25.4 Å². The van der Waals surface area contributed by atoms with Gasteiger partial charge in [0, 0.05) is 51.4 Å². The van der Waals surface area contributed by atoms with Crippen molar-refractivity contribution in [3.8, 4) is 0 Å². The molecule has 0 radical (unpaired) electrons. The summed E-state index contributed by atoms with van der Waals surface area (Å²) in [4.78, 5) is 26.7. The number of carbonyl (C=O) groups excluding carboxylic acids is 2. The second kappa shape index (κ2) is 12.4. The molecule has 2 heterocycles. The molecule has 2 unspecified atom stereocenters. The third-order valence-corrected chi connectivity index (χ3v) is 5.98. The molecule has 3 rings (SSSR count). The summed E-state index contributed by atoms with van der Waals surface area (Å²) >= 11 is 0. The number of amides is 2. The highest BCUT2D eigenvalue weighted by molar-refractivity contribution is 5.86. The molecule has 1 aliphatic carbocycles. The largest absolute Gasteiger partial charge is 0.355 e. The third-order valence-electron chi connectivity index (χ3n) is 5.98. The van der Waals surface area contributed by atoms with Gasteiger partial charge in [0.1, 0.15) is 0 Å². The Morgan fingerprint density at radius 2 is 1.79 bits per heavy atom. The van der Waals surface area contributed by atoms with Gasteiger partial charge >= 0.3 is 0 Å². The number of halogens is 2. The van der Waals surface area contributed by atoms with Crippen LogP contribution in [0.1, 0.15) is 63.0 Å². The first-order chi connectivity index (χ1) is 13.1. The van der Waals surface area contributed by atoms with E-state index in [1.165, 1.54) is 38.5 Å². The van der Waals surface area contributed by atoms with Gasteiger partial charge in [-0.25, -0.2) is 0 Å². The maximum Gasteiger partial charge on any atom is 0.225 e. The highest BCUT2D eigenvalue weighted by Crippen LogP contribution is 2.35. The molecule has 1 aromatic rings. The molecule has 9 heteroatoms. The van der Waals surface area contributed by atoms with E-state index in [1.54, 1.807) is 22.8 Å². The second-order valence-electron chi connectivity index (χ2n) is 7.98. The van der Waals surface area contributed by atoms with Gasteiger partial charge in [-0.15, -0.1) is 24.8 Å². The Morgan fingerprint density at radius 1 is 1.10 bits per heavy atom. The Kier molecular flexibility index (Phi) is 11.0. The molecule has 29 heavy (non-hydrogen) atoms. The second-order valence-corrected chi connectivity index (χ2v) is 7.98. The van der Waals surface area contributed by atoms with Crippen molar-refractivity contribution in [2.75, 3.05) is 20.1 Å². The first-order valence-electron chi connectivity index (χ1n) is 10.3. The SMILES string of the molecule is CN1C(=O)CCC(C(=O)NCCNC2CCCCCC2)C1c1cnn(C)c1.Cl.Cl.